The van der Waals surface area contributed by atoms with E-state index in [-0.39, 0.29) is 6.04 Å². The maximum absolute atomic E-state index is 12.5. The lowest BCUT2D eigenvalue weighted by Gasteiger charge is -2.34. The van der Waals surface area contributed by atoms with Crippen LogP contribution in [-0.4, -0.2) is 43.6 Å². The second-order valence-electron chi connectivity index (χ2n) is 6.18. The predicted molar refractivity (Wildman–Crippen MR) is 85.4 cm³/mol. The first-order chi connectivity index (χ1) is 9.47. The fourth-order valence-electron chi connectivity index (χ4n) is 2.88. The highest BCUT2D eigenvalue weighted by Crippen LogP contribution is 2.24. The molecule has 1 aliphatic heterocycles. The first-order valence-corrected chi connectivity index (χ1v) is 9.81. The van der Waals surface area contributed by atoms with Gasteiger partial charge < -0.3 is 5.32 Å². The zero-order valence-corrected chi connectivity index (χ0v) is 14.2. The molecule has 0 spiro atoms. The van der Waals surface area contributed by atoms with Crippen LogP contribution in [0.2, 0.25) is 0 Å². The summed E-state index contributed by atoms with van der Waals surface area (Å²) in [6.45, 7) is 8.00. The van der Waals surface area contributed by atoms with Gasteiger partial charge in [-0.25, -0.2) is 8.42 Å². The molecule has 0 radical (unpaired) electrons. The van der Waals surface area contributed by atoms with E-state index in [4.69, 9.17) is 0 Å². The number of sulfonamides is 1. The predicted octanol–water partition coefficient (Wildman–Crippen LogP) is 2.75. The molecule has 120 valence electrons. The average molecular weight is 304 g/mol. The van der Waals surface area contributed by atoms with E-state index in [1.807, 2.05) is 0 Å². The number of rotatable bonds is 9. The zero-order chi connectivity index (χ0) is 15.0. The molecule has 1 fully saturated rings. The molecular weight excluding hydrogens is 272 g/mol. The molecule has 5 heteroatoms. The maximum atomic E-state index is 12.5. The van der Waals surface area contributed by atoms with E-state index in [1.54, 1.807) is 4.31 Å². The largest absolute Gasteiger partial charge is 0.315 e. The van der Waals surface area contributed by atoms with Crippen molar-refractivity contribution in [1.82, 2.24) is 9.62 Å². The Morgan fingerprint density at radius 1 is 1.25 bits per heavy atom. The van der Waals surface area contributed by atoms with E-state index in [0.29, 0.717) is 11.8 Å². The van der Waals surface area contributed by atoms with Gasteiger partial charge in [0.05, 0.1) is 5.75 Å². The quantitative estimate of drug-likeness (QED) is 0.666. The Labute approximate surface area is 125 Å². The van der Waals surface area contributed by atoms with E-state index >= 15 is 0 Å². The number of piperidine rings is 1. The van der Waals surface area contributed by atoms with Crippen LogP contribution in [0, 0.1) is 0 Å². The molecule has 0 aromatic carbocycles. The van der Waals surface area contributed by atoms with Crippen molar-refractivity contribution in [3.05, 3.63) is 0 Å². The summed E-state index contributed by atoms with van der Waals surface area (Å²) in [6.07, 6.45) is 7.01. The van der Waals surface area contributed by atoms with Crippen LogP contribution in [0.1, 0.15) is 65.7 Å². The van der Waals surface area contributed by atoms with Gasteiger partial charge in [0.25, 0.3) is 0 Å². The third kappa shape index (κ3) is 6.10. The second kappa shape index (κ2) is 9.00. The molecule has 1 aliphatic rings. The number of nitrogens with zero attached hydrogens (tertiary/aromatic N) is 1. The van der Waals surface area contributed by atoms with Crippen LogP contribution in [0.15, 0.2) is 0 Å². The van der Waals surface area contributed by atoms with Crippen molar-refractivity contribution in [2.75, 3.05) is 18.8 Å². The number of hydrogen-bond donors (Lipinski definition) is 1. The molecule has 1 atom stereocenters. The van der Waals surface area contributed by atoms with E-state index < -0.39 is 10.0 Å². The Balaban J connectivity index is 2.41. The van der Waals surface area contributed by atoms with Crippen molar-refractivity contribution in [2.45, 2.75) is 77.8 Å². The van der Waals surface area contributed by atoms with Crippen LogP contribution in [-0.2, 0) is 10.0 Å². The molecule has 1 heterocycles. The standard InChI is InChI=1S/C15H32N2O2S/c1-4-9-15-10-5-7-12-17(15)20(18,19)13-8-6-11-16-14(2)3/h14-16H,4-13H2,1-3H3. The normalized spacial score (nSPS) is 21.5. The molecule has 1 unspecified atom stereocenters. The third-order valence-corrected chi connectivity index (χ3v) is 5.93. The molecule has 0 aromatic heterocycles. The molecule has 0 bridgehead atoms. The highest BCUT2D eigenvalue weighted by Gasteiger charge is 2.30. The molecule has 4 nitrogen and oxygen atoms in total. The minimum absolute atomic E-state index is 0.257. The Morgan fingerprint density at radius 3 is 2.65 bits per heavy atom. The molecule has 20 heavy (non-hydrogen) atoms. The lowest BCUT2D eigenvalue weighted by Crippen LogP contribution is -2.44. The van der Waals surface area contributed by atoms with Crippen LogP contribution < -0.4 is 5.32 Å². The van der Waals surface area contributed by atoms with Crippen molar-refractivity contribution in [3.8, 4) is 0 Å². The molecule has 1 saturated heterocycles. The number of nitrogens with one attached hydrogen (secondary N) is 1. The van der Waals surface area contributed by atoms with Crippen molar-refractivity contribution in [3.63, 3.8) is 0 Å². The summed E-state index contributed by atoms with van der Waals surface area (Å²) in [5, 5.41) is 3.33. The van der Waals surface area contributed by atoms with Gasteiger partial charge in [-0.1, -0.05) is 33.6 Å². The van der Waals surface area contributed by atoms with Crippen molar-refractivity contribution < 1.29 is 8.42 Å². The number of unbranched alkanes of at least 4 members (excludes halogenated alkanes) is 1. The van der Waals surface area contributed by atoms with Gasteiger partial charge in [0, 0.05) is 18.6 Å². The lowest BCUT2D eigenvalue weighted by atomic mass is 10.0. The smallest absolute Gasteiger partial charge is 0.214 e. The van der Waals surface area contributed by atoms with Crippen LogP contribution in [0.5, 0.6) is 0 Å². The summed E-state index contributed by atoms with van der Waals surface area (Å²) in [6, 6.07) is 0.732. The first kappa shape index (κ1) is 17.9. The van der Waals surface area contributed by atoms with Crippen LogP contribution >= 0.6 is 0 Å². The van der Waals surface area contributed by atoms with E-state index in [1.165, 1.54) is 6.42 Å². The first-order valence-electron chi connectivity index (χ1n) is 8.20. The molecular formula is C15H32N2O2S. The summed E-state index contributed by atoms with van der Waals surface area (Å²) in [7, 11) is -3.05. The Kier molecular flexibility index (Phi) is 8.07. The fraction of sp³-hybridized carbons (Fsp3) is 1.00. The molecule has 1 rings (SSSR count). The van der Waals surface area contributed by atoms with E-state index in [2.05, 4.69) is 26.1 Å². The molecule has 0 saturated carbocycles. The van der Waals surface area contributed by atoms with Gasteiger partial charge in [0.1, 0.15) is 0 Å². The van der Waals surface area contributed by atoms with Crippen LogP contribution in [0.3, 0.4) is 0 Å². The molecule has 1 N–H and O–H groups in total. The maximum Gasteiger partial charge on any atom is 0.214 e. The van der Waals surface area contributed by atoms with Crippen molar-refractivity contribution >= 4 is 10.0 Å². The Hall–Kier alpha value is -0.130. The summed E-state index contributed by atoms with van der Waals surface area (Å²) < 4.78 is 26.7. The van der Waals surface area contributed by atoms with Gasteiger partial charge in [0.2, 0.25) is 10.0 Å². The third-order valence-electron chi connectivity index (χ3n) is 3.93. The summed E-state index contributed by atoms with van der Waals surface area (Å²) in [5.74, 6) is 0.312. The monoisotopic (exact) mass is 304 g/mol. The van der Waals surface area contributed by atoms with Crippen LogP contribution in [0.4, 0.5) is 0 Å². The summed E-state index contributed by atoms with van der Waals surface area (Å²) in [4.78, 5) is 0. The van der Waals surface area contributed by atoms with Gasteiger partial charge in [-0.3, -0.25) is 0 Å². The van der Waals surface area contributed by atoms with E-state index in [9.17, 15) is 8.42 Å². The van der Waals surface area contributed by atoms with Gasteiger partial charge in [0.15, 0.2) is 0 Å². The summed E-state index contributed by atoms with van der Waals surface area (Å²) in [5.41, 5.74) is 0. The highest BCUT2D eigenvalue weighted by molar-refractivity contribution is 7.89. The van der Waals surface area contributed by atoms with Crippen LogP contribution in [0.25, 0.3) is 0 Å². The number of hydrogen-bond acceptors (Lipinski definition) is 3. The molecule has 0 aliphatic carbocycles. The summed E-state index contributed by atoms with van der Waals surface area (Å²) >= 11 is 0. The topological polar surface area (TPSA) is 49.4 Å². The minimum atomic E-state index is -3.05. The second-order valence-corrected chi connectivity index (χ2v) is 8.22. The SMILES string of the molecule is CCCC1CCCCN1S(=O)(=O)CCCCNC(C)C. The zero-order valence-electron chi connectivity index (χ0n) is 13.4. The van der Waals surface area contributed by atoms with Crippen molar-refractivity contribution in [2.24, 2.45) is 0 Å². The van der Waals surface area contributed by atoms with Gasteiger partial charge in [-0.2, -0.15) is 4.31 Å². The minimum Gasteiger partial charge on any atom is -0.315 e. The van der Waals surface area contributed by atoms with Gasteiger partial charge in [-0.05, 0) is 38.6 Å². The average Bonchev–Trinajstić information content (AvgIpc) is 2.38. The fourth-order valence-corrected chi connectivity index (χ4v) is 4.76. The van der Waals surface area contributed by atoms with Gasteiger partial charge >= 0.3 is 0 Å². The lowest BCUT2D eigenvalue weighted by molar-refractivity contribution is 0.239. The van der Waals surface area contributed by atoms with Gasteiger partial charge in [-0.15, -0.1) is 0 Å². The Bertz CT molecular complexity index is 353. The van der Waals surface area contributed by atoms with Crippen molar-refractivity contribution in [1.29, 1.82) is 0 Å². The molecule has 0 aromatic rings. The Morgan fingerprint density at radius 2 is 2.00 bits per heavy atom. The van der Waals surface area contributed by atoms with E-state index in [0.717, 1.165) is 51.6 Å². The highest BCUT2D eigenvalue weighted by atomic mass is 32.2. The molecule has 0 amide bonds.